The first kappa shape index (κ1) is 14.2. The lowest BCUT2D eigenvalue weighted by molar-refractivity contribution is -0.142. The van der Waals surface area contributed by atoms with E-state index >= 15 is 0 Å². The minimum absolute atomic E-state index is 0.0587. The molecule has 1 saturated heterocycles. The molecular formula is C14H24N2O3. The Hall–Kier alpha value is -1.26. The molecule has 1 aliphatic carbocycles. The highest BCUT2D eigenvalue weighted by molar-refractivity contribution is 5.74. The monoisotopic (exact) mass is 268 g/mol. The Kier molecular flexibility index (Phi) is 5.05. The molecule has 0 aromatic rings. The zero-order valence-corrected chi connectivity index (χ0v) is 11.7. The predicted molar refractivity (Wildman–Crippen MR) is 71.7 cm³/mol. The smallest absolute Gasteiger partial charge is 0.317 e. The lowest BCUT2D eigenvalue weighted by Gasteiger charge is -2.33. The number of nitrogens with one attached hydrogen (secondary N) is 1. The minimum Gasteiger partial charge on any atom is -0.469 e. The number of hydrogen-bond donors (Lipinski definition) is 1. The summed E-state index contributed by atoms with van der Waals surface area (Å²) >= 11 is 0. The van der Waals surface area contributed by atoms with Crippen LogP contribution in [0, 0.1) is 11.8 Å². The lowest BCUT2D eigenvalue weighted by atomic mass is 9.85. The Labute approximate surface area is 114 Å². The summed E-state index contributed by atoms with van der Waals surface area (Å²) in [6, 6.07) is 0.0587. The summed E-state index contributed by atoms with van der Waals surface area (Å²) in [6.45, 7) is 2.32. The summed E-state index contributed by atoms with van der Waals surface area (Å²) < 4.78 is 4.68. The first-order valence-electron chi connectivity index (χ1n) is 7.28. The molecule has 1 heterocycles. The van der Waals surface area contributed by atoms with Crippen LogP contribution in [-0.2, 0) is 9.53 Å². The number of piperidine rings is 1. The maximum atomic E-state index is 12.0. The van der Waals surface area contributed by atoms with E-state index < -0.39 is 0 Å². The van der Waals surface area contributed by atoms with Crippen molar-refractivity contribution in [2.75, 3.05) is 26.7 Å². The number of carbonyl (C=O) groups is 2. The van der Waals surface area contributed by atoms with Gasteiger partial charge in [-0.3, -0.25) is 4.79 Å². The molecule has 2 rings (SSSR count). The molecule has 0 bridgehead atoms. The Morgan fingerprint density at radius 2 is 1.84 bits per heavy atom. The van der Waals surface area contributed by atoms with Gasteiger partial charge >= 0.3 is 12.0 Å². The van der Waals surface area contributed by atoms with Gasteiger partial charge in [-0.15, -0.1) is 0 Å². The van der Waals surface area contributed by atoms with E-state index in [-0.39, 0.29) is 12.0 Å². The van der Waals surface area contributed by atoms with Gasteiger partial charge in [-0.2, -0.15) is 0 Å². The average molecular weight is 268 g/mol. The summed E-state index contributed by atoms with van der Waals surface area (Å²) in [5.74, 6) is 0.914. The van der Waals surface area contributed by atoms with Gasteiger partial charge in [-0.05, 0) is 37.5 Å². The standard InChI is InChI=1S/C14H24N2O3/c1-19-13(17)9-11-5-7-16(8-6-11)14(18)15-10-12-3-2-4-12/h11-12H,2-10H2,1H3,(H,15,18). The quantitative estimate of drug-likeness (QED) is 0.791. The molecule has 108 valence electrons. The molecule has 19 heavy (non-hydrogen) atoms. The number of nitrogens with zero attached hydrogens (tertiary/aromatic N) is 1. The molecule has 0 aromatic carbocycles. The second-order valence-corrected chi connectivity index (χ2v) is 5.69. The van der Waals surface area contributed by atoms with Gasteiger partial charge in [0, 0.05) is 26.1 Å². The Morgan fingerprint density at radius 1 is 1.16 bits per heavy atom. The van der Waals surface area contributed by atoms with Crippen LogP contribution in [-0.4, -0.2) is 43.6 Å². The number of amides is 2. The number of likely N-dealkylation sites (tertiary alicyclic amines) is 1. The SMILES string of the molecule is COC(=O)CC1CCN(C(=O)NCC2CCC2)CC1. The van der Waals surface area contributed by atoms with Crippen LogP contribution in [0.25, 0.3) is 0 Å². The van der Waals surface area contributed by atoms with E-state index in [1.54, 1.807) is 0 Å². The van der Waals surface area contributed by atoms with Crippen molar-refractivity contribution in [3.05, 3.63) is 0 Å². The van der Waals surface area contributed by atoms with Crippen molar-refractivity contribution >= 4 is 12.0 Å². The summed E-state index contributed by atoms with van der Waals surface area (Å²) in [6.07, 6.45) is 6.08. The largest absolute Gasteiger partial charge is 0.469 e. The highest BCUT2D eigenvalue weighted by Gasteiger charge is 2.25. The summed E-state index contributed by atoms with van der Waals surface area (Å²) in [5, 5.41) is 3.02. The van der Waals surface area contributed by atoms with Gasteiger partial charge in [0.05, 0.1) is 7.11 Å². The lowest BCUT2D eigenvalue weighted by Crippen LogP contribution is -2.46. The van der Waals surface area contributed by atoms with Gasteiger partial charge < -0.3 is 15.0 Å². The van der Waals surface area contributed by atoms with E-state index in [4.69, 9.17) is 0 Å². The topological polar surface area (TPSA) is 58.6 Å². The zero-order chi connectivity index (χ0) is 13.7. The van der Waals surface area contributed by atoms with Crippen molar-refractivity contribution in [3.8, 4) is 0 Å². The van der Waals surface area contributed by atoms with Gasteiger partial charge in [-0.1, -0.05) is 6.42 Å². The van der Waals surface area contributed by atoms with Crippen molar-refractivity contribution in [1.82, 2.24) is 10.2 Å². The van der Waals surface area contributed by atoms with E-state index in [2.05, 4.69) is 10.1 Å². The van der Waals surface area contributed by atoms with E-state index in [1.165, 1.54) is 26.4 Å². The van der Waals surface area contributed by atoms with Crippen LogP contribution in [0.2, 0.25) is 0 Å². The first-order valence-corrected chi connectivity index (χ1v) is 7.28. The highest BCUT2D eigenvalue weighted by Crippen LogP contribution is 2.25. The fourth-order valence-electron chi connectivity index (χ4n) is 2.70. The summed E-state index contributed by atoms with van der Waals surface area (Å²) in [4.78, 5) is 25.0. The van der Waals surface area contributed by atoms with Crippen LogP contribution in [0.1, 0.15) is 38.5 Å². The summed E-state index contributed by atoms with van der Waals surface area (Å²) in [5.41, 5.74) is 0. The van der Waals surface area contributed by atoms with Crippen LogP contribution in [0.3, 0.4) is 0 Å². The Bertz CT molecular complexity index is 321. The highest BCUT2D eigenvalue weighted by atomic mass is 16.5. The number of methoxy groups -OCH3 is 1. The Balaban J connectivity index is 1.64. The Morgan fingerprint density at radius 3 is 2.37 bits per heavy atom. The molecule has 2 fully saturated rings. The molecule has 2 aliphatic rings. The molecule has 0 spiro atoms. The van der Waals surface area contributed by atoms with E-state index in [0.717, 1.165) is 32.5 Å². The number of hydrogen-bond acceptors (Lipinski definition) is 3. The third kappa shape index (κ3) is 4.11. The van der Waals surface area contributed by atoms with Crippen LogP contribution in [0.4, 0.5) is 4.79 Å². The molecule has 1 N–H and O–H groups in total. The van der Waals surface area contributed by atoms with Crippen LogP contribution in [0.15, 0.2) is 0 Å². The average Bonchev–Trinajstić information content (AvgIpc) is 2.37. The molecule has 0 unspecified atom stereocenters. The molecule has 5 heteroatoms. The summed E-state index contributed by atoms with van der Waals surface area (Å²) in [7, 11) is 1.42. The molecule has 0 aromatic heterocycles. The molecular weight excluding hydrogens is 244 g/mol. The third-order valence-corrected chi connectivity index (χ3v) is 4.35. The second-order valence-electron chi connectivity index (χ2n) is 5.69. The molecule has 1 aliphatic heterocycles. The fraction of sp³-hybridized carbons (Fsp3) is 0.857. The van der Waals surface area contributed by atoms with Crippen LogP contribution < -0.4 is 5.32 Å². The van der Waals surface area contributed by atoms with Crippen LogP contribution >= 0.6 is 0 Å². The van der Waals surface area contributed by atoms with Crippen molar-refractivity contribution in [2.24, 2.45) is 11.8 Å². The maximum Gasteiger partial charge on any atom is 0.317 e. The molecule has 2 amide bonds. The molecule has 0 radical (unpaired) electrons. The number of carbonyl (C=O) groups excluding carboxylic acids is 2. The van der Waals surface area contributed by atoms with E-state index in [1.807, 2.05) is 4.90 Å². The second kappa shape index (κ2) is 6.78. The van der Waals surface area contributed by atoms with E-state index in [9.17, 15) is 9.59 Å². The van der Waals surface area contributed by atoms with Crippen molar-refractivity contribution in [3.63, 3.8) is 0 Å². The number of esters is 1. The van der Waals surface area contributed by atoms with Gasteiger partial charge in [-0.25, -0.2) is 4.79 Å². The fourth-order valence-corrected chi connectivity index (χ4v) is 2.70. The molecule has 1 saturated carbocycles. The molecule has 0 atom stereocenters. The van der Waals surface area contributed by atoms with Crippen molar-refractivity contribution < 1.29 is 14.3 Å². The zero-order valence-electron chi connectivity index (χ0n) is 11.7. The van der Waals surface area contributed by atoms with Gasteiger partial charge in [0.1, 0.15) is 0 Å². The van der Waals surface area contributed by atoms with Gasteiger partial charge in [0.2, 0.25) is 0 Å². The number of urea groups is 1. The van der Waals surface area contributed by atoms with Crippen LogP contribution in [0.5, 0.6) is 0 Å². The number of ether oxygens (including phenoxy) is 1. The molecule has 5 nitrogen and oxygen atoms in total. The first-order chi connectivity index (χ1) is 9.19. The van der Waals surface area contributed by atoms with Gasteiger partial charge in [0.15, 0.2) is 0 Å². The van der Waals surface area contributed by atoms with E-state index in [0.29, 0.717) is 18.3 Å². The number of rotatable bonds is 4. The maximum absolute atomic E-state index is 12.0. The third-order valence-electron chi connectivity index (χ3n) is 4.35. The van der Waals surface area contributed by atoms with Crippen molar-refractivity contribution in [1.29, 1.82) is 0 Å². The van der Waals surface area contributed by atoms with Gasteiger partial charge in [0.25, 0.3) is 0 Å². The normalized spacial score (nSPS) is 20.8. The minimum atomic E-state index is -0.145. The van der Waals surface area contributed by atoms with Crippen molar-refractivity contribution in [2.45, 2.75) is 38.5 Å². The predicted octanol–water partition coefficient (Wildman–Crippen LogP) is 1.77.